The molecule has 0 N–H and O–H groups in total. The van der Waals surface area contributed by atoms with Crippen molar-refractivity contribution in [3.63, 3.8) is 0 Å². The number of hydrogen-bond donors (Lipinski definition) is 0. The second-order valence-corrected chi connectivity index (χ2v) is 8.73. The molecular formula is C28H34N4O3. The molecule has 0 spiro atoms. The smallest absolute Gasteiger partial charge is 0.172 e. The minimum Gasteiger partial charge on any atom is -0.496 e. The summed E-state index contributed by atoms with van der Waals surface area (Å²) in [7, 11) is 3.24. The average Bonchev–Trinajstić information content (AvgIpc) is 3.12. The van der Waals surface area contributed by atoms with E-state index in [9.17, 15) is 15.8 Å². The highest BCUT2D eigenvalue weighted by Gasteiger charge is 2.38. The number of benzene rings is 1. The number of anilines is 1. The van der Waals surface area contributed by atoms with Crippen molar-refractivity contribution in [2.45, 2.75) is 59.0 Å². The minimum absolute atomic E-state index is 0.0129. The van der Waals surface area contributed by atoms with Gasteiger partial charge in [-0.2, -0.15) is 15.8 Å². The SMILES string of the molecule is CCCCN(CCCC)c1cc(OC)c(C=CC2=C(C#N)C(=C(C#N)C#N)OC2(C)C)c(OC)c1. The summed E-state index contributed by atoms with van der Waals surface area (Å²) in [5.41, 5.74) is 1.38. The molecule has 1 heterocycles. The second-order valence-electron chi connectivity index (χ2n) is 8.73. The summed E-state index contributed by atoms with van der Waals surface area (Å²) in [6.07, 6.45) is 8.01. The quantitative estimate of drug-likeness (QED) is 0.359. The Kier molecular flexibility index (Phi) is 9.80. The molecule has 184 valence electrons. The van der Waals surface area contributed by atoms with Gasteiger partial charge in [-0.3, -0.25) is 0 Å². The Bertz CT molecular complexity index is 1090. The maximum Gasteiger partial charge on any atom is 0.172 e. The summed E-state index contributed by atoms with van der Waals surface area (Å²) >= 11 is 0. The second kappa shape index (κ2) is 12.5. The van der Waals surface area contributed by atoms with E-state index in [-0.39, 0.29) is 16.9 Å². The third-order valence-corrected chi connectivity index (χ3v) is 5.94. The average molecular weight is 475 g/mol. The van der Waals surface area contributed by atoms with Gasteiger partial charge in [0.1, 0.15) is 40.9 Å². The van der Waals surface area contributed by atoms with Crippen LogP contribution in [0.15, 0.2) is 40.7 Å². The lowest BCUT2D eigenvalue weighted by Crippen LogP contribution is -2.25. The van der Waals surface area contributed by atoms with Crippen molar-refractivity contribution >= 4 is 11.8 Å². The Morgan fingerprint density at radius 1 is 0.971 bits per heavy atom. The normalized spacial score (nSPS) is 14.2. The molecule has 7 nitrogen and oxygen atoms in total. The Morgan fingerprint density at radius 2 is 1.51 bits per heavy atom. The van der Waals surface area contributed by atoms with Gasteiger partial charge in [-0.1, -0.05) is 32.8 Å². The molecule has 0 aliphatic carbocycles. The Balaban J connectivity index is 2.60. The third kappa shape index (κ3) is 6.17. The lowest BCUT2D eigenvalue weighted by atomic mass is 9.94. The van der Waals surface area contributed by atoms with Crippen molar-refractivity contribution < 1.29 is 14.2 Å². The summed E-state index contributed by atoms with van der Waals surface area (Å²) in [6.45, 7) is 9.86. The third-order valence-electron chi connectivity index (χ3n) is 5.94. The van der Waals surface area contributed by atoms with Gasteiger partial charge in [0.25, 0.3) is 0 Å². The fourth-order valence-electron chi connectivity index (χ4n) is 3.99. The van der Waals surface area contributed by atoms with E-state index in [1.54, 1.807) is 34.1 Å². The summed E-state index contributed by atoms with van der Waals surface area (Å²) in [6, 6.07) is 9.75. The van der Waals surface area contributed by atoms with Gasteiger partial charge in [0.15, 0.2) is 11.3 Å². The van der Waals surface area contributed by atoms with E-state index >= 15 is 0 Å². The first-order chi connectivity index (χ1) is 16.8. The molecule has 0 amide bonds. The van der Waals surface area contributed by atoms with Crippen molar-refractivity contribution in [2.24, 2.45) is 0 Å². The van der Waals surface area contributed by atoms with Crippen LogP contribution in [0.5, 0.6) is 11.5 Å². The predicted molar refractivity (Wildman–Crippen MR) is 137 cm³/mol. The van der Waals surface area contributed by atoms with E-state index in [0.29, 0.717) is 17.1 Å². The predicted octanol–water partition coefficient (Wildman–Crippen LogP) is 6.05. The molecular weight excluding hydrogens is 440 g/mol. The monoisotopic (exact) mass is 474 g/mol. The van der Waals surface area contributed by atoms with Crippen LogP contribution in [-0.4, -0.2) is 32.9 Å². The maximum absolute atomic E-state index is 9.79. The number of nitrogens with zero attached hydrogens (tertiary/aromatic N) is 4. The van der Waals surface area contributed by atoms with Crippen molar-refractivity contribution in [1.82, 2.24) is 0 Å². The molecule has 7 heteroatoms. The number of nitriles is 3. The summed E-state index contributed by atoms with van der Waals surface area (Å²) < 4.78 is 17.3. The molecule has 0 radical (unpaired) electrons. The van der Waals surface area contributed by atoms with Crippen LogP contribution in [0.2, 0.25) is 0 Å². The van der Waals surface area contributed by atoms with Crippen LogP contribution in [-0.2, 0) is 4.74 Å². The van der Waals surface area contributed by atoms with Gasteiger partial charge in [0.2, 0.25) is 0 Å². The van der Waals surface area contributed by atoms with Crippen LogP contribution in [0.4, 0.5) is 5.69 Å². The van der Waals surface area contributed by atoms with Gasteiger partial charge in [-0.25, -0.2) is 0 Å². The van der Waals surface area contributed by atoms with Crippen LogP contribution in [0.1, 0.15) is 58.9 Å². The van der Waals surface area contributed by atoms with Crippen molar-refractivity contribution in [3.8, 4) is 29.7 Å². The van der Waals surface area contributed by atoms with Crippen LogP contribution < -0.4 is 14.4 Å². The number of hydrogen-bond acceptors (Lipinski definition) is 7. The van der Waals surface area contributed by atoms with Crippen molar-refractivity contribution in [1.29, 1.82) is 15.8 Å². The summed E-state index contributed by atoms with van der Waals surface area (Å²) in [4.78, 5) is 2.36. The zero-order valence-electron chi connectivity index (χ0n) is 21.6. The van der Waals surface area contributed by atoms with E-state index in [2.05, 4.69) is 24.8 Å². The molecule has 0 aromatic heterocycles. The molecule has 1 aromatic carbocycles. The number of ether oxygens (including phenoxy) is 3. The molecule has 0 saturated carbocycles. The van der Waals surface area contributed by atoms with Crippen LogP contribution in [0.3, 0.4) is 0 Å². The molecule has 0 saturated heterocycles. The van der Waals surface area contributed by atoms with E-state index in [1.165, 1.54) is 0 Å². The zero-order valence-corrected chi connectivity index (χ0v) is 21.6. The largest absolute Gasteiger partial charge is 0.496 e. The number of unbranched alkanes of at least 4 members (excludes halogenated alkanes) is 2. The summed E-state index contributed by atoms with van der Waals surface area (Å²) in [5, 5.41) is 28.4. The molecule has 0 fully saturated rings. The first kappa shape index (κ1) is 27.4. The molecule has 1 aromatic rings. The number of methoxy groups -OCH3 is 2. The number of allylic oxidation sites excluding steroid dienone is 2. The standard InChI is InChI=1S/C28H34N4O3/c1-7-9-13-32(14-10-8-2)21-15-25(33-5)22(26(16-21)34-6)11-12-24-23(19-31)27(20(17-29)18-30)35-28(24,3)4/h11-12,15-16H,7-10,13-14H2,1-6H3. The summed E-state index contributed by atoms with van der Waals surface area (Å²) in [5.74, 6) is 1.31. The first-order valence-electron chi connectivity index (χ1n) is 11.9. The maximum atomic E-state index is 9.79. The molecule has 0 atom stereocenters. The van der Waals surface area contributed by atoms with Gasteiger partial charge < -0.3 is 19.1 Å². The Labute approximate surface area is 209 Å². The van der Waals surface area contributed by atoms with E-state index in [1.807, 2.05) is 30.3 Å². The molecule has 2 rings (SSSR count). The Hall–Kier alpha value is -3.89. The lowest BCUT2D eigenvalue weighted by Gasteiger charge is -2.26. The fourth-order valence-corrected chi connectivity index (χ4v) is 3.99. The van der Waals surface area contributed by atoms with E-state index in [0.717, 1.165) is 50.0 Å². The van der Waals surface area contributed by atoms with E-state index < -0.39 is 5.60 Å². The Morgan fingerprint density at radius 3 is 1.94 bits per heavy atom. The first-order valence-corrected chi connectivity index (χ1v) is 11.9. The van der Waals surface area contributed by atoms with Crippen molar-refractivity contribution in [2.75, 3.05) is 32.2 Å². The van der Waals surface area contributed by atoms with Gasteiger partial charge in [0, 0.05) is 36.5 Å². The van der Waals surface area contributed by atoms with E-state index in [4.69, 9.17) is 14.2 Å². The van der Waals surface area contributed by atoms with Gasteiger partial charge in [-0.15, -0.1) is 0 Å². The lowest BCUT2D eigenvalue weighted by molar-refractivity contribution is 0.0954. The number of rotatable bonds is 11. The van der Waals surface area contributed by atoms with Crippen molar-refractivity contribution in [3.05, 3.63) is 46.3 Å². The minimum atomic E-state index is -0.895. The molecule has 1 aliphatic heterocycles. The topological polar surface area (TPSA) is 102 Å². The molecule has 0 bridgehead atoms. The molecule has 1 aliphatic rings. The van der Waals surface area contributed by atoms with Gasteiger partial charge in [-0.05, 0) is 32.8 Å². The van der Waals surface area contributed by atoms with Crippen LogP contribution in [0.25, 0.3) is 6.08 Å². The molecule has 0 unspecified atom stereocenters. The highest BCUT2D eigenvalue weighted by molar-refractivity contribution is 5.73. The van der Waals surface area contributed by atoms with Gasteiger partial charge >= 0.3 is 0 Å². The van der Waals surface area contributed by atoms with Gasteiger partial charge in [0.05, 0.1) is 19.8 Å². The highest BCUT2D eigenvalue weighted by Crippen LogP contribution is 2.42. The van der Waals surface area contributed by atoms with Crippen LogP contribution in [0, 0.1) is 34.0 Å². The highest BCUT2D eigenvalue weighted by atomic mass is 16.5. The fraction of sp³-hybridized carbons (Fsp3) is 0.464. The molecule has 35 heavy (non-hydrogen) atoms. The zero-order chi connectivity index (χ0) is 26.0. The van der Waals surface area contributed by atoms with Crippen LogP contribution >= 0.6 is 0 Å².